The molecular formula is C38H58O2S. The molecule has 0 radical (unpaired) electrons. The van der Waals surface area contributed by atoms with Crippen molar-refractivity contribution in [1.29, 1.82) is 0 Å². The van der Waals surface area contributed by atoms with Crippen LogP contribution in [0.2, 0.25) is 0 Å². The number of benzene rings is 2. The Hall–Kier alpha value is -2.13. The second-order valence-electron chi connectivity index (χ2n) is 11.3. The Labute approximate surface area is 258 Å². The van der Waals surface area contributed by atoms with E-state index in [1.807, 2.05) is 44.2 Å². The molecule has 0 saturated heterocycles. The lowest BCUT2D eigenvalue weighted by Gasteiger charge is -2.12. The lowest BCUT2D eigenvalue weighted by molar-refractivity contribution is 0.322. The zero-order valence-electron chi connectivity index (χ0n) is 26.6. The second-order valence-corrected chi connectivity index (χ2v) is 11.8. The van der Waals surface area contributed by atoms with Gasteiger partial charge in [-0.1, -0.05) is 152 Å². The van der Waals surface area contributed by atoms with Crippen molar-refractivity contribution in [2.75, 3.05) is 13.2 Å². The van der Waals surface area contributed by atoms with Crippen LogP contribution in [0.5, 0.6) is 11.5 Å². The molecule has 0 fully saturated rings. The molecule has 0 heterocycles. The SMILES string of the molecule is CCCCCCCCCCCCCCCCCCCc1ccc(C(=S)C=Cc2c(OCC)cccc2OCC)cc1. The summed E-state index contributed by atoms with van der Waals surface area (Å²) in [6, 6.07) is 14.7. The van der Waals surface area contributed by atoms with Crippen LogP contribution < -0.4 is 9.47 Å². The molecular weight excluding hydrogens is 520 g/mol. The summed E-state index contributed by atoms with van der Waals surface area (Å²) in [6.07, 6.45) is 29.2. The van der Waals surface area contributed by atoms with Crippen LogP contribution in [0.3, 0.4) is 0 Å². The number of ether oxygens (including phenoxy) is 2. The predicted molar refractivity (Wildman–Crippen MR) is 184 cm³/mol. The smallest absolute Gasteiger partial charge is 0.130 e. The Morgan fingerprint density at radius 1 is 0.585 bits per heavy atom. The molecule has 0 unspecified atom stereocenters. The van der Waals surface area contributed by atoms with Crippen LogP contribution in [0.15, 0.2) is 48.5 Å². The summed E-state index contributed by atoms with van der Waals surface area (Å²) in [5, 5.41) is 0. The molecule has 0 aliphatic rings. The predicted octanol–water partition coefficient (Wildman–Crippen LogP) is 12.1. The van der Waals surface area contributed by atoms with Crippen molar-refractivity contribution in [3.63, 3.8) is 0 Å². The van der Waals surface area contributed by atoms with E-state index in [0.717, 1.165) is 33.9 Å². The standard InChI is InChI=1S/C38H58O2S/c1-4-7-8-9-10-11-12-13-14-15-16-17-18-19-20-21-22-24-33-27-29-34(30-28-33)38(41)32-31-35-36(39-5-2)25-23-26-37(35)40-6-3/h23,25-32H,4-22,24H2,1-3H3. The Balaban J connectivity index is 1.56. The van der Waals surface area contributed by atoms with E-state index in [1.165, 1.54) is 115 Å². The Morgan fingerprint density at radius 3 is 1.46 bits per heavy atom. The number of thiocarbonyl (C=S) groups is 1. The summed E-state index contributed by atoms with van der Waals surface area (Å²) in [4.78, 5) is 0.822. The van der Waals surface area contributed by atoms with Crippen LogP contribution in [0, 0.1) is 0 Å². The van der Waals surface area contributed by atoms with Crippen LogP contribution in [-0.4, -0.2) is 18.1 Å². The molecule has 2 aromatic rings. The van der Waals surface area contributed by atoms with Crippen LogP contribution in [-0.2, 0) is 6.42 Å². The van der Waals surface area contributed by atoms with E-state index in [4.69, 9.17) is 21.7 Å². The van der Waals surface area contributed by atoms with Crippen molar-refractivity contribution in [3.05, 3.63) is 65.2 Å². The normalized spacial score (nSPS) is 11.3. The molecule has 228 valence electrons. The number of allylic oxidation sites excluding steroid dienone is 1. The molecule has 2 nitrogen and oxygen atoms in total. The number of aryl methyl sites for hydroxylation is 1. The molecule has 41 heavy (non-hydrogen) atoms. The fourth-order valence-corrected chi connectivity index (χ4v) is 5.60. The maximum absolute atomic E-state index is 5.81. The van der Waals surface area contributed by atoms with Gasteiger partial charge in [-0.15, -0.1) is 0 Å². The van der Waals surface area contributed by atoms with E-state index in [2.05, 4.69) is 31.2 Å². The Morgan fingerprint density at radius 2 is 1.02 bits per heavy atom. The molecule has 2 rings (SSSR count). The summed E-state index contributed by atoms with van der Waals surface area (Å²) in [6.45, 7) is 7.51. The van der Waals surface area contributed by atoms with Crippen molar-refractivity contribution in [3.8, 4) is 11.5 Å². The van der Waals surface area contributed by atoms with E-state index in [9.17, 15) is 0 Å². The summed E-state index contributed by atoms with van der Waals surface area (Å²) < 4.78 is 11.6. The first-order valence-corrected chi connectivity index (χ1v) is 17.3. The average Bonchev–Trinajstić information content (AvgIpc) is 2.99. The van der Waals surface area contributed by atoms with Crippen molar-refractivity contribution in [1.82, 2.24) is 0 Å². The van der Waals surface area contributed by atoms with Gasteiger partial charge in [-0.3, -0.25) is 0 Å². The fraction of sp³-hybridized carbons (Fsp3) is 0.605. The third-order valence-electron chi connectivity index (χ3n) is 7.83. The van der Waals surface area contributed by atoms with Gasteiger partial charge in [-0.25, -0.2) is 0 Å². The molecule has 2 aromatic carbocycles. The van der Waals surface area contributed by atoms with Crippen LogP contribution in [0.4, 0.5) is 0 Å². The van der Waals surface area contributed by atoms with Crippen molar-refractivity contribution >= 4 is 23.2 Å². The molecule has 0 saturated carbocycles. The summed E-state index contributed by atoms with van der Waals surface area (Å²) >= 11 is 5.72. The molecule has 0 spiro atoms. The van der Waals surface area contributed by atoms with E-state index in [0.29, 0.717) is 13.2 Å². The van der Waals surface area contributed by atoms with Gasteiger partial charge >= 0.3 is 0 Å². The molecule has 3 heteroatoms. The third kappa shape index (κ3) is 15.6. The number of rotatable bonds is 25. The van der Waals surface area contributed by atoms with Crippen LogP contribution in [0.25, 0.3) is 6.08 Å². The molecule has 0 amide bonds. The quantitative estimate of drug-likeness (QED) is 0.0505. The topological polar surface area (TPSA) is 18.5 Å². The first kappa shape index (κ1) is 35.1. The molecule has 0 aliphatic heterocycles. The fourth-order valence-electron chi connectivity index (χ4n) is 5.40. The van der Waals surface area contributed by atoms with Crippen molar-refractivity contribution in [2.24, 2.45) is 0 Å². The largest absolute Gasteiger partial charge is 0.493 e. The minimum Gasteiger partial charge on any atom is -0.493 e. The number of hydrogen-bond acceptors (Lipinski definition) is 3. The highest BCUT2D eigenvalue weighted by Gasteiger charge is 2.08. The highest BCUT2D eigenvalue weighted by Crippen LogP contribution is 2.30. The van der Waals surface area contributed by atoms with Crippen LogP contribution >= 0.6 is 12.2 Å². The number of hydrogen-bond donors (Lipinski definition) is 0. The van der Waals surface area contributed by atoms with Gasteiger partial charge in [0.05, 0.1) is 18.8 Å². The lowest BCUT2D eigenvalue weighted by atomic mass is 10.0. The van der Waals surface area contributed by atoms with Crippen molar-refractivity contribution < 1.29 is 9.47 Å². The molecule has 0 bridgehead atoms. The molecule has 0 N–H and O–H groups in total. The summed E-state index contributed by atoms with van der Waals surface area (Å²) in [5.74, 6) is 1.64. The highest BCUT2D eigenvalue weighted by atomic mass is 32.1. The van der Waals surface area contributed by atoms with E-state index < -0.39 is 0 Å². The zero-order chi connectivity index (χ0) is 29.4. The molecule has 0 atom stereocenters. The second kappa shape index (κ2) is 23.4. The Kier molecular flexibility index (Phi) is 20.0. The first-order valence-electron chi connectivity index (χ1n) is 16.9. The monoisotopic (exact) mass is 578 g/mol. The van der Waals surface area contributed by atoms with Gasteiger partial charge in [0.15, 0.2) is 0 Å². The minimum atomic E-state index is 0.613. The summed E-state index contributed by atoms with van der Waals surface area (Å²) in [7, 11) is 0. The van der Waals surface area contributed by atoms with E-state index in [1.54, 1.807) is 0 Å². The molecule has 0 aliphatic carbocycles. The van der Waals surface area contributed by atoms with Gasteiger partial charge < -0.3 is 9.47 Å². The van der Waals surface area contributed by atoms with Crippen LogP contribution in [0.1, 0.15) is 147 Å². The lowest BCUT2D eigenvalue weighted by Crippen LogP contribution is -1.99. The van der Waals surface area contributed by atoms with Gasteiger partial charge in [0.2, 0.25) is 0 Å². The average molecular weight is 579 g/mol. The minimum absolute atomic E-state index is 0.613. The van der Waals surface area contributed by atoms with Gasteiger partial charge in [0.1, 0.15) is 11.5 Å². The van der Waals surface area contributed by atoms with Crippen molar-refractivity contribution in [2.45, 2.75) is 136 Å². The number of unbranched alkanes of at least 4 members (excludes halogenated alkanes) is 16. The molecule has 0 aromatic heterocycles. The maximum Gasteiger partial charge on any atom is 0.130 e. The van der Waals surface area contributed by atoms with Gasteiger partial charge in [-0.2, -0.15) is 0 Å². The van der Waals surface area contributed by atoms with E-state index in [-0.39, 0.29) is 0 Å². The maximum atomic E-state index is 5.81. The first-order chi connectivity index (χ1) is 20.2. The van der Waals surface area contributed by atoms with Gasteiger partial charge in [0, 0.05) is 4.86 Å². The van der Waals surface area contributed by atoms with Gasteiger partial charge in [0.25, 0.3) is 0 Å². The zero-order valence-corrected chi connectivity index (χ0v) is 27.4. The Bertz CT molecular complexity index is 938. The summed E-state index contributed by atoms with van der Waals surface area (Å²) in [5.41, 5.74) is 3.42. The van der Waals surface area contributed by atoms with Gasteiger partial charge in [-0.05, 0) is 62.1 Å². The van der Waals surface area contributed by atoms with E-state index >= 15 is 0 Å². The third-order valence-corrected chi connectivity index (χ3v) is 8.21. The highest BCUT2D eigenvalue weighted by molar-refractivity contribution is 7.81.